The molecule has 2 nitrogen and oxygen atoms in total. The van der Waals surface area contributed by atoms with Gasteiger partial charge >= 0.3 is 0 Å². The first-order valence-corrected chi connectivity index (χ1v) is 12.8. The molecule has 0 fully saturated rings. The lowest BCUT2D eigenvalue weighted by Gasteiger charge is -2.14. The third-order valence-corrected chi connectivity index (χ3v) is 6.34. The van der Waals surface area contributed by atoms with Crippen LogP contribution in [0.25, 0.3) is 22.3 Å². The summed E-state index contributed by atoms with van der Waals surface area (Å²) in [5.74, 6) is 0.834. The van der Waals surface area contributed by atoms with Gasteiger partial charge in [-0.3, -0.25) is 4.79 Å². The fourth-order valence-electron chi connectivity index (χ4n) is 4.34. The van der Waals surface area contributed by atoms with E-state index < -0.39 is 0 Å². The highest BCUT2D eigenvalue weighted by molar-refractivity contribution is 6.13. The minimum Gasteiger partial charge on any atom is -0.494 e. The number of rotatable bonds is 12. The quantitative estimate of drug-likeness (QED) is 0.155. The fraction of sp³-hybridized carbons (Fsp3) is 0.242. The van der Waals surface area contributed by atoms with Crippen LogP contribution in [0.2, 0.25) is 0 Å². The average Bonchev–Trinajstić information content (AvgIpc) is 2.93. The van der Waals surface area contributed by atoms with Gasteiger partial charge in [0.1, 0.15) is 5.75 Å². The van der Waals surface area contributed by atoms with E-state index in [9.17, 15) is 4.79 Å². The van der Waals surface area contributed by atoms with Crippen LogP contribution < -0.4 is 4.74 Å². The molecule has 0 saturated carbocycles. The van der Waals surface area contributed by atoms with Crippen molar-refractivity contribution in [3.63, 3.8) is 0 Å². The first-order chi connectivity index (χ1) is 17.3. The standard InChI is InChI=1S/C33H34O2/c1-2-3-4-5-6-13-24-35-30-22-23-31(33(34)29-16-11-8-12-17-29)32(25-30)28-20-18-27(19-21-28)26-14-9-7-10-15-26/h7-12,14-23,25H,2-6,13,24H2,1H3. The van der Waals surface area contributed by atoms with Crippen LogP contribution in [0.3, 0.4) is 0 Å². The van der Waals surface area contributed by atoms with Crippen molar-refractivity contribution < 1.29 is 9.53 Å². The Bertz CT molecular complexity index is 1200. The van der Waals surface area contributed by atoms with Crippen molar-refractivity contribution in [2.45, 2.75) is 45.4 Å². The zero-order valence-electron chi connectivity index (χ0n) is 20.6. The van der Waals surface area contributed by atoms with Gasteiger partial charge in [0.05, 0.1) is 6.61 Å². The Morgan fingerprint density at radius 1 is 0.629 bits per heavy atom. The van der Waals surface area contributed by atoms with Crippen molar-refractivity contribution in [2.75, 3.05) is 6.61 Å². The summed E-state index contributed by atoms with van der Waals surface area (Å²) in [6, 6.07) is 34.1. The van der Waals surface area contributed by atoms with E-state index in [2.05, 4.69) is 43.3 Å². The summed E-state index contributed by atoms with van der Waals surface area (Å²) in [5, 5.41) is 0. The molecule has 0 aliphatic carbocycles. The maximum atomic E-state index is 13.4. The van der Waals surface area contributed by atoms with Crippen LogP contribution in [0.4, 0.5) is 0 Å². The van der Waals surface area contributed by atoms with Crippen LogP contribution in [0.15, 0.2) is 103 Å². The number of hydrogen-bond acceptors (Lipinski definition) is 2. The normalized spacial score (nSPS) is 10.8. The van der Waals surface area contributed by atoms with Gasteiger partial charge in [0.2, 0.25) is 0 Å². The summed E-state index contributed by atoms with van der Waals surface area (Å²) >= 11 is 0. The summed E-state index contributed by atoms with van der Waals surface area (Å²) in [4.78, 5) is 13.4. The van der Waals surface area contributed by atoms with Crippen LogP contribution >= 0.6 is 0 Å². The van der Waals surface area contributed by atoms with Crippen LogP contribution in [0, 0.1) is 0 Å². The van der Waals surface area contributed by atoms with E-state index in [1.165, 1.54) is 37.7 Å². The van der Waals surface area contributed by atoms with Crippen LogP contribution in [0.5, 0.6) is 5.75 Å². The molecule has 4 aromatic rings. The van der Waals surface area contributed by atoms with Gasteiger partial charge in [-0.05, 0) is 46.9 Å². The molecule has 0 radical (unpaired) electrons. The van der Waals surface area contributed by atoms with Gasteiger partial charge in [-0.1, -0.05) is 124 Å². The molecule has 0 atom stereocenters. The number of carbonyl (C=O) groups is 1. The van der Waals surface area contributed by atoms with Crippen LogP contribution in [-0.4, -0.2) is 12.4 Å². The van der Waals surface area contributed by atoms with Gasteiger partial charge in [0.25, 0.3) is 0 Å². The van der Waals surface area contributed by atoms with Crippen LogP contribution in [0.1, 0.15) is 61.4 Å². The molecule has 0 aliphatic rings. The molecule has 0 spiro atoms. The number of benzene rings is 4. The minimum atomic E-state index is 0.0233. The number of ether oxygens (including phenoxy) is 1. The molecule has 0 unspecified atom stereocenters. The zero-order valence-corrected chi connectivity index (χ0v) is 20.6. The Hall–Kier alpha value is -3.65. The molecule has 0 saturated heterocycles. The van der Waals surface area contributed by atoms with Crippen molar-refractivity contribution in [2.24, 2.45) is 0 Å². The van der Waals surface area contributed by atoms with Crippen molar-refractivity contribution in [1.82, 2.24) is 0 Å². The van der Waals surface area contributed by atoms with E-state index in [4.69, 9.17) is 4.74 Å². The molecule has 0 aliphatic heterocycles. The SMILES string of the molecule is CCCCCCCCOc1ccc(C(=O)c2ccccc2)c(-c2ccc(-c3ccccc3)cc2)c1. The first kappa shape index (κ1) is 24.5. The molecule has 35 heavy (non-hydrogen) atoms. The van der Waals surface area contributed by atoms with Gasteiger partial charge in [-0.25, -0.2) is 0 Å². The monoisotopic (exact) mass is 462 g/mol. The Labute approximate surface area is 209 Å². The number of unbranched alkanes of at least 4 members (excludes halogenated alkanes) is 5. The molecular formula is C33H34O2. The minimum absolute atomic E-state index is 0.0233. The maximum absolute atomic E-state index is 13.4. The highest BCUT2D eigenvalue weighted by Gasteiger charge is 2.16. The Morgan fingerprint density at radius 3 is 1.94 bits per heavy atom. The number of ketones is 1. The molecule has 0 amide bonds. The zero-order chi connectivity index (χ0) is 24.3. The average molecular weight is 463 g/mol. The van der Waals surface area contributed by atoms with Gasteiger partial charge < -0.3 is 4.74 Å². The summed E-state index contributed by atoms with van der Waals surface area (Å²) < 4.78 is 6.10. The maximum Gasteiger partial charge on any atom is 0.193 e. The van der Waals surface area contributed by atoms with Crippen molar-refractivity contribution >= 4 is 5.78 Å². The predicted molar refractivity (Wildman–Crippen MR) is 146 cm³/mol. The van der Waals surface area contributed by atoms with E-state index in [-0.39, 0.29) is 5.78 Å². The summed E-state index contributed by atoms with van der Waals surface area (Å²) in [5.41, 5.74) is 5.62. The third-order valence-electron chi connectivity index (χ3n) is 6.34. The molecule has 0 heterocycles. The summed E-state index contributed by atoms with van der Waals surface area (Å²) in [6.45, 7) is 2.94. The second-order valence-electron chi connectivity index (χ2n) is 8.96. The lowest BCUT2D eigenvalue weighted by atomic mass is 9.92. The van der Waals surface area contributed by atoms with Gasteiger partial charge in [0, 0.05) is 11.1 Å². The number of hydrogen-bond donors (Lipinski definition) is 0. The van der Waals surface area contributed by atoms with Crippen molar-refractivity contribution in [3.8, 4) is 28.0 Å². The van der Waals surface area contributed by atoms with E-state index in [1.807, 2.05) is 66.7 Å². The highest BCUT2D eigenvalue weighted by Crippen LogP contribution is 2.32. The summed E-state index contributed by atoms with van der Waals surface area (Å²) in [6.07, 6.45) is 7.38. The third kappa shape index (κ3) is 6.70. The lowest BCUT2D eigenvalue weighted by molar-refractivity contribution is 0.103. The smallest absolute Gasteiger partial charge is 0.193 e. The molecule has 2 heteroatoms. The molecule has 0 aromatic heterocycles. The molecule has 4 rings (SSSR count). The Morgan fingerprint density at radius 2 is 1.23 bits per heavy atom. The molecule has 0 N–H and O–H groups in total. The Kier molecular flexibility index (Phi) is 8.89. The molecule has 4 aromatic carbocycles. The van der Waals surface area contributed by atoms with E-state index in [0.29, 0.717) is 17.7 Å². The van der Waals surface area contributed by atoms with E-state index in [1.54, 1.807) is 0 Å². The predicted octanol–water partition coefficient (Wildman–Crippen LogP) is 8.99. The van der Waals surface area contributed by atoms with Gasteiger partial charge in [0.15, 0.2) is 5.78 Å². The van der Waals surface area contributed by atoms with Crippen molar-refractivity contribution in [1.29, 1.82) is 0 Å². The topological polar surface area (TPSA) is 26.3 Å². The van der Waals surface area contributed by atoms with Gasteiger partial charge in [-0.15, -0.1) is 0 Å². The second kappa shape index (κ2) is 12.7. The largest absolute Gasteiger partial charge is 0.494 e. The first-order valence-electron chi connectivity index (χ1n) is 12.8. The summed E-state index contributed by atoms with van der Waals surface area (Å²) in [7, 11) is 0. The second-order valence-corrected chi connectivity index (χ2v) is 8.96. The molecular weight excluding hydrogens is 428 g/mol. The number of carbonyl (C=O) groups excluding carboxylic acids is 1. The van der Waals surface area contributed by atoms with E-state index in [0.717, 1.165) is 28.9 Å². The Balaban J connectivity index is 1.57. The highest BCUT2D eigenvalue weighted by atomic mass is 16.5. The molecule has 178 valence electrons. The van der Waals surface area contributed by atoms with Crippen LogP contribution in [-0.2, 0) is 0 Å². The lowest BCUT2D eigenvalue weighted by Crippen LogP contribution is -2.05. The van der Waals surface area contributed by atoms with E-state index >= 15 is 0 Å². The van der Waals surface area contributed by atoms with Crippen molar-refractivity contribution in [3.05, 3.63) is 114 Å². The fourth-order valence-corrected chi connectivity index (χ4v) is 4.34. The van der Waals surface area contributed by atoms with Gasteiger partial charge in [-0.2, -0.15) is 0 Å². The molecule has 0 bridgehead atoms.